The van der Waals surface area contributed by atoms with Crippen LogP contribution in [-0.4, -0.2) is 0 Å². The average molecular weight is 301 g/mol. The van der Waals surface area contributed by atoms with E-state index in [0.717, 1.165) is 5.69 Å². The van der Waals surface area contributed by atoms with Crippen LogP contribution in [0.25, 0.3) is 32.7 Å². The van der Waals surface area contributed by atoms with E-state index in [2.05, 4.69) is 96.4 Å². The molecule has 0 aliphatic carbocycles. The monoisotopic (exact) mass is 301 g/mol. The van der Waals surface area contributed by atoms with Gasteiger partial charge in [0.1, 0.15) is 0 Å². The van der Waals surface area contributed by atoms with Crippen LogP contribution in [0, 0.1) is 0 Å². The van der Waals surface area contributed by atoms with Crippen molar-refractivity contribution in [2.45, 2.75) is 0 Å². The fourth-order valence-electron chi connectivity index (χ4n) is 3.08. The third kappa shape index (κ3) is 2.04. The maximum atomic E-state index is 4.35. The van der Waals surface area contributed by atoms with Crippen LogP contribution < -0.4 is 4.72 Å². The van der Waals surface area contributed by atoms with Crippen molar-refractivity contribution in [1.29, 1.82) is 0 Å². The second-order valence-electron chi connectivity index (χ2n) is 5.35. The van der Waals surface area contributed by atoms with Crippen LogP contribution in [0.3, 0.4) is 0 Å². The van der Waals surface area contributed by atoms with Gasteiger partial charge in [0, 0.05) is 10.9 Å². The Kier molecular flexibility index (Phi) is 3.24. The Balaban J connectivity index is 2.08. The van der Waals surface area contributed by atoms with Gasteiger partial charge in [-0.05, 0) is 21.7 Å². The van der Waals surface area contributed by atoms with E-state index in [1.807, 2.05) is 0 Å². The summed E-state index contributed by atoms with van der Waals surface area (Å²) >= 11 is 4.35. The van der Waals surface area contributed by atoms with Crippen LogP contribution in [0.2, 0.25) is 0 Å². The predicted octanol–water partition coefficient (Wildman–Crippen LogP) is 5.92. The SMILES string of the molecule is SNc1c(-c2cccc3ccccc23)ccc2ccccc12. The van der Waals surface area contributed by atoms with Gasteiger partial charge in [-0.3, -0.25) is 0 Å². The molecule has 0 atom stereocenters. The molecule has 0 aromatic heterocycles. The van der Waals surface area contributed by atoms with Gasteiger partial charge in [0.25, 0.3) is 0 Å². The molecular weight excluding hydrogens is 286 g/mol. The Labute approximate surface area is 135 Å². The Morgan fingerprint density at radius 2 is 1.18 bits per heavy atom. The molecule has 106 valence electrons. The molecule has 0 saturated heterocycles. The number of rotatable bonds is 2. The zero-order chi connectivity index (χ0) is 14.9. The van der Waals surface area contributed by atoms with Crippen LogP contribution in [0.5, 0.6) is 0 Å². The summed E-state index contributed by atoms with van der Waals surface area (Å²) < 4.78 is 3.10. The van der Waals surface area contributed by atoms with Gasteiger partial charge in [-0.2, -0.15) is 0 Å². The van der Waals surface area contributed by atoms with Crippen LogP contribution >= 0.6 is 12.8 Å². The summed E-state index contributed by atoms with van der Waals surface area (Å²) in [5.74, 6) is 0. The van der Waals surface area contributed by atoms with Crippen molar-refractivity contribution < 1.29 is 0 Å². The average Bonchev–Trinajstić information content (AvgIpc) is 2.60. The Morgan fingerprint density at radius 3 is 1.95 bits per heavy atom. The van der Waals surface area contributed by atoms with Crippen LogP contribution in [0.1, 0.15) is 0 Å². The molecule has 1 nitrogen and oxygen atoms in total. The number of fused-ring (bicyclic) bond motifs is 2. The highest BCUT2D eigenvalue weighted by molar-refractivity contribution is 7.81. The van der Waals surface area contributed by atoms with Crippen molar-refractivity contribution >= 4 is 40.0 Å². The molecule has 0 fully saturated rings. The van der Waals surface area contributed by atoms with E-state index in [1.165, 1.54) is 32.7 Å². The molecule has 1 N–H and O–H groups in total. The third-order valence-electron chi connectivity index (χ3n) is 4.12. The fraction of sp³-hybridized carbons (Fsp3) is 0. The summed E-state index contributed by atoms with van der Waals surface area (Å²) in [6.45, 7) is 0. The largest absolute Gasteiger partial charge is 0.331 e. The summed E-state index contributed by atoms with van der Waals surface area (Å²) in [5.41, 5.74) is 3.45. The van der Waals surface area contributed by atoms with E-state index in [-0.39, 0.29) is 0 Å². The number of thiol groups is 1. The summed E-state index contributed by atoms with van der Waals surface area (Å²) in [5, 5.41) is 4.90. The lowest BCUT2D eigenvalue weighted by Crippen LogP contribution is -1.90. The number of hydrogen-bond donors (Lipinski definition) is 2. The Hall–Kier alpha value is -2.45. The Bertz CT molecular complexity index is 970. The highest BCUT2D eigenvalue weighted by atomic mass is 32.1. The molecule has 0 bridgehead atoms. The third-order valence-corrected chi connectivity index (χ3v) is 4.34. The standard InChI is InChI=1S/C20H15NS/c22-21-20-17-10-4-2-7-15(17)12-13-19(20)18-11-5-8-14-6-1-3-9-16(14)18/h1-13,21-22H. The summed E-state index contributed by atoms with van der Waals surface area (Å²) in [6, 6.07) is 27.6. The molecule has 22 heavy (non-hydrogen) atoms. The quantitative estimate of drug-likeness (QED) is 0.438. The van der Waals surface area contributed by atoms with Crippen molar-refractivity contribution in [2.24, 2.45) is 0 Å². The molecule has 0 unspecified atom stereocenters. The molecular formula is C20H15NS. The molecule has 4 aromatic carbocycles. The number of hydrogen-bond acceptors (Lipinski definition) is 2. The zero-order valence-corrected chi connectivity index (χ0v) is 12.8. The van der Waals surface area contributed by atoms with Crippen LogP contribution in [0.4, 0.5) is 5.69 Å². The van der Waals surface area contributed by atoms with E-state index < -0.39 is 0 Å². The smallest absolute Gasteiger partial charge is 0.0596 e. The first kappa shape index (κ1) is 13.2. The van der Waals surface area contributed by atoms with E-state index in [1.54, 1.807) is 0 Å². The first-order valence-electron chi connectivity index (χ1n) is 7.28. The van der Waals surface area contributed by atoms with Gasteiger partial charge >= 0.3 is 0 Å². The van der Waals surface area contributed by atoms with Gasteiger partial charge in [0.15, 0.2) is 0 Å². The number of benzene rings is 4. The number of anilines is 1. The Morgan fingerprint density at radius 1 is 0.545 bits per heavy atom. The van der Waals surface area contributed by atoms with E-state index >= 15 is 0 Å². The first-order chi connectivity index (χ1) is 10.9. The fourth-order valence-corrected chi connectivity index (χ4v) is 3.32. The molecule has 0 aliphatic rings. The molecule has 2 heteroatoms. The first-order valence-corrected chi connectivity index (χ1v) is 7.73. The topological polar surface area (TPSA) is 12.0 Å². The maximum absolute atomic E-state index is 4.35. The highest BCUT2D eigenvalue weighted by Gasteiger charge is 2.10. The zero-order valence-electron chi connectivity index (χ0n) is 12.0. The minimum atomic E-state index is 1.05. The van der Waals surface area contributed by atoms with E-state index in [9.17, 15) is 0 Å². The van der Waals surface area contributed by atoms with E-state index in [4.69, 9.17) is 0 Å². The molecule has 0 aliphatic heterocycles. The van der Waals surface area contributed by atoms with Crippen molar-refractivity contribution in [3.8, 4) is 11.1 Å². The van der Waals surface area contributed by atoms with Crippen molar-refractivity contribution in [2.75, 3.05) is 4.72 Å². The lowest BCUT2D eigenvalue weighted by molar-refractivity contribution is 1.67. The highest BCUT2D eigenvalue weighted by Crippen LogP contribution is 2.38. The summed E-state index contributed by atoms with van der Waals surface area (Å²) in [6.07, 6.45) is 0. The molecule has 0 saturated carbocycles. The van der Waals surface area contributed by atoms with Crippen LogP contribution in [0.15, 0.2) is 78.9 Å². The molecule has 4 aromatic rings. The second kappa shape index (κ2) is 5.39. The molecule has 0 amide bonds. The van der Waals surface area contributed by atoms with Gasteiger partial charge in [-0.15, -0.1) is 0 Å². The second-order valence-corrected chi connectivity index (χ2v) is 5.57. The van der Waals surface area contributed by atoms with Gasteiger partial charge < -0.3 is 4.72 Å². The molecule has 0 spiro atoms. The number of nitrogens with one attached hydrogen (secondary N) is 1. The lowest BCUT2D eigenvalue weighted by atomic mass is 9.94. The minimum Gasteiger partial charge on any atom is -0.331 e. The maximum Gasteiger partial charge on any atom is 0.0596 e. The minimum absolute atomic E-state index is 1.05. The van der Waals surface area contributed by atoms with Gasteiger partial charge in [-0.25, -0.2) is 0 Å². The van der Waals surface area contributed by atoms with E-state index in [0.29, 0.717) is 0 Å². The van der Waals surface area contributed by atoms with Gasteiger partial charge in [0.2, 0.25) is 0 Å². The van der Waals surface area contributed by atoms with Gasteiger partial charge in [-0.1, -0.05) is 91.7 Å². The summed E-state index contributed by atoms with van der Waals surface area (Å²) in [7, 11) is 0. The van der Waals surface area contributed by atoms with Crippen LogP contribution in [-0.2, 0) is 0 Å². The summed E-state index contributed by atoms with van der Waals surface area (Å²) in [4.78, 5) is 0. The molecule has 0 radical (unpaired) electrons. The van der Waals surface area contributed by atoms with Crippen molar-refractivity contribution in [3.05, 3.63) is 78.9 Å². The van der Waals surface area contributed by atoms with Gasteiger partial charge in [0.05, 0.1) is 5.69 Å². The lowest BCUT2D eigenvalue weighted by Gasteiger charge is -2.14. The van der Waals surface area contributed by atoms with Crippen molar-refractivity contribution in [3.63, 3.8) is 0 Å². The van der Waals surface area contributed by atoms with Crippen molar-refractivity contribution in [1.82, 2.24) is 0 Å². The molecule has 4 rings (SSSR count). The predicted molar refractivity (Wildman–Crippen MR) is 99.5 cm³/mol. The molecule has 0 heterocycles. The normalized spacial score (nSPS) is 11.0.